The highest BCUT2D eigenvalue weighted by atomic mass is 79.9. The number of carbonyl (C=O) groups excluding carboxylic acids is 2. The first-order valence-corrected chi connectivity index (χ1v) is 16.1. The van der Waals surface area contributed by atoms with Crippen LogP contribution in [0.25, 0.3) is 17.1 Å². The van der Waals surface area contributed by atoms with E-state index in [0.717, 1.165) is 16.9 Å². The maximum Gasteiger partial charge on any atom is 0.333 e. The minimum Gasteiger partial charge on any atom is -0.331 e. The topological polar surface area (TPSA) is 113 Å². The zero-order valence-electron chi connectivity index (χ0n) is 25.2. The molecule has 0 saturated carbocycles. The number of ketones is 1. The average Bonchev–Trinajstić information content (AvgIpc) is 3.88. The van der Waals surface area contributed by atoms with Crippen molar-refractivity contribution in [2.75, 3.05) is 6.54 Å². The van der Waals surface area contributed by atoms with Crippen molar-refractivity contribution in [1.82, 2.24) is 38.6 Å². The Morgan fingerprint density at radius 3 is 2.47 bits per heavy atom. The number of fused-ring (bicyclic) bond motifs is 1. The van der Waals surface area contributed by atoms with Gasteiger partial charge in [-0.05, 0) is 82.0 Å². The lowest BCUT2D eigenvalue weighted by molar-refractivity contribution is 0.0706. The van der Waals surface area contributed by atoms with E-state index >= 15 is 0 Å². The van der Waals surface area contributed by atoms with Crippen LogP contribution in [0.3, 0.4) is 0 Å². The van der Waals surface area contributed by atoms with Crippen molar-refractivity contribution in [3.05, 3.63) is 140 Å². The average molecular weight is 712 g/mol. The Morgan fingerprint density at radius 2 is 1.74 bits per heavy atom. The highest BCUT2D eigenvalue weighted by Gasteiger charge is 2.33. The Bertz CT molecular complexity index is 2150. The summed E-state index contributed by atoms with van der Waals surface area (Å²) in [6.07, 6.45) is 6.71. The number of rotatable bonds is 8. The summed E-state index contributed by atoms with van der Waals surface area (Å²) in [4.78, 5) is 47.9. The normalized spacial score (nSPS) is 13.4. The molecule has 0 saturated heterocycles. The number of carbonyl (C=O) groups is 2. The molecule has 3 aromatic heterocycles. The van der Waals surface area contributed by atoms with E-state index in [2.05, 4.69) is 31.1 Å². The molecule has 1 amide bonds. The largest absolute Gasteiger partial charge is 0.333 e. The fourth-order valence-electron chi connectivity index (χ4n) is 6.08. The lowest BCUT2D eigenvalue weighted by Gasteiger charge is -2.28. The molecule has 0 unspecified atom stereocenters. The van der Waals surface area contributed by atoms with Crippen LogP contribution in [0.4, 0.5) is 0 Å². The molecular formula is C34H28BrClN8O3. The molecule has 7 rings (SSSR count). The first-order valence-electron chi connectivity index (χ1n) is 15.0. The van der Waals surface area contributed by atoms with Crippen molar-refractivity contribution in [2.45, 2.75) is 32.4 Å². The first-order chi connectivity index (χ1) is 22.8. The Kier molecular flexibility index (Phi) is 8.21. The second-order valence-electron chi connectivity index (χ2n) is 11.3. The molecule has 0 fully saturated rings. The summed E-state index contributed by atoms with van der Waals surface area (Å²) in [5, 5.41) is 8.99. The maximum atomic E-state index is 14.4. The van der Waals surface area contributed by atoms with Crippen LogP contribution >= 0.6 is 27.5 Å². The predicted molar refractivity (Wildman–Crippen MR) is 180 cm³/mol. The lowest BCUT2D eigenvalue weighted by atomic mass is 9.92. The molecule has 1 aliphatic rings. The molecule has 3 aromatic carbocycles. The van der Waals surface area contributed by atoms with Gasteiger partial charge < -0.3 is 4.90 Å². The van der Waals surface area contributed by atoms with Crippen LogP contribution in [0, 0.1) is 0 Å². The molecule has 11 nitrogen and oxygen atoms in total. The smallest absolute Gasteiger partial charge is 0.331 e. The molecule has 0 N–H and O–H groups in total. The number of hydrogen-bond acceptors (Lipinski definition) is 6. The minimum absolute atomic E-state index is 0.0884. The maximum absolute atomic E-state index is 14.4. The van der Waals surface area contributed by atoms with Gasteiger partial charge in [0.15, 0.2) is 5.78 Å². The molecule has 0 bridgehead atoms. The Hall–Kier alpha value is -5.07. The highest BCUT2D eigenvalue weighted by Crippen LogP contribution is 2.30. The van der Waals surface area contributed by atoms with Gasteiger partial charge in [0.2, 0.25) is 0 Å². The van der Waals surface area contributed by atoms with Crippen LogP contribution < -0.4 is 5.69 Å². The van der Waals surface area contributed by atoms with E-state index in [-0.39, 0.29) is 48.5 Å². The fraction of sp³-hybridized carbons (Fsp3) is 0.176. The van der Waals surface area contributed by atoms with Crippen LogP contribution in [0.5, 0.6) is 0 Å². The SMILES string of the molecule is C[C@@H](CC(=O)c1c2n(c(=O)n1-c1ccc(-n3cccn3)cc1)CCN(C(=O)c1ccc(Br)c(Cl)c1)C2)c1ccccc1-n1cncn1. The van der Waals surface area contributed by atoms with Gasteiger partial charge in [-0.1, -0.05) is 36.7 Å². The van der Waals surface area contributed by atoms with Crippen LogP contribution in [0.15, 0.2) is 107 Å². The molecule has 47 heavy (non-hydrogen) atoms. The second kappa shape index (κ2) is 12.6. The molecule has 0 spiro atoms. The monoisotopic (exact) mass is 710 g/mol. The summed E-state index contributed by atoms with van der Waals surface area (Å²) in [7, 11) is 0. The molecule has 13 heteroatoms. The number of hydrogen-bond donors (Lipinski definition) is 0. The van der Waals surface area contributed by atoms with E-state index < -0.39 is 0 Å². The number of imidazole rings is 1. The quantitative estimate of drug-likeness (QED) is 0.183. The van der Waals surface area contributed by atoms with Gasteiger partial charge in [0.05, 0.1) is 34.3 Å². The summed E-state index contributed by atoms with van der Waals surface area (Å²) in [5.41, 5.74) is 3.95. The van der Waals surface area contributed by atoms with E-state index in [9.17, 15) is 14.4 Å². The van der Waals surface area contributed by atoms with Crippen molar-refractivity contribution >= 4 is 39.2 Å². The molecule has 6 aromatic rings. The molecule has 0 radical (unpaired) electrons. The van der Waals surface area contributed by atoms with E-state index in [4.69, 9.17) is 11.6 Å². The Morgan fingerprint density at radius 1 is 0.957 bits per heavy atom. The molecule has 1 aliphatic heterocycles. The van der Waals surface area contributed by atoms with E-state index in [0.29, 0.717) is 33.0 Å². The van der Waals surface area contributed by atoms with Gasteiger partial charge in [-0.15, -0.1) is 0 Å². The molecule has 4 heterocycles. The van der Waals surface area contributed by atoms with Gasteiger partial charge in [0.1, 0.15) is 18.3 Å². The standard InChI is InChI=1S/C34H28BrClN8O3/c1-22(26-5-2-3-6-29(26)43-21-37-20-39-43)17-31(45)32-30-19-40(33(46)23-7-12-27(35)28(36)18-23)15-16-41(30)34(47)44(32)25-10-8-24(9-11-25)42-14-4-13-38-42/h2-14,18,20-22H,15-17,19H2,1H3/t22-/m0/s1. The predicted octanol–water partition coefficient (Wildman–Crippen LogP) is 5.85. The Labute approximate surface area is 282 Å². The van der Waals surface area contributed by atoms with Gasteiger partial charge in [-0.3, -0.25) is 18.7 Å². The van der Waals surface area contributed by atoms with Crippen molar-refractivity contribution in [2.24, 2.45) is 0 Å². The van der Waals surface area contributed by atoms with Gasteiger partial charge in [0.25, 0.3) is 5.91 Å². The first kappa shape index (κ1) is 30.6. The third-order valence-electron chi connectivity index (χ3n) is 8.40. The van der Waals surface area contributed by atoms with E-state index in [1.54, 1.807) is 61.7 Å². The van der Waals surface area contributed by atoms with Crippen LogP contribution in [0.2, 0.25) is 5.02 Å². The fourth-order valence-corrected chi connectivity index (χ4v) is 6.50. The van der Waals surface area contributed by atoms with Crippen molar-refractivity contribution in [3.63, 3.8) is 0 Å². The lowest BCUT2D eigenvalue weighted by Crippen LogP contribution is -2.41. The van der Waals surface area contributed by atoms with Crippen LogP contribution in [0.1, 0.15) is 51.4 Å². The summed E-state index contributed by atoms with van der Waals surface area (Å²) in [5.74, 6) is -0.674. The molecular weight excluding hydrogens is 684 g/mol. The van der Waals surface area contributed by atoms with Crippen molar-refractivity contribution in [3.8, 4) is 17.1 Å². The zero-order valence-corrected chi connectivity index (χ0v) is 27.5. The molecule has 1 atom stereocenters. The van der Waals surface area contributed by atoms with Gasteiger partial charge in [0, 0.05) is 41.9 Å². The van der Waals surface area contributed by atoms with E-state index in [1.165, 1.54) is 10.9 Å². The number of para-hydroxylation sites is 1. The summed E-state index contributed by atoms with van der Waals surface area (Å²) < 4.78 is 7.17. The van der Waals surface area contributed by atoms with Crippen LogP contribution in [-0.4, -0.2) is 56.8 Å². The minimum atomic E-state index is -0.329. The number of aromatic nitrogens is 7. The summed E-state index contributed by atoms with van der Waals surface area (Å²) >= 11 is 9.67. The second-order valence-corrected chi connectivity index (χ2v) is 12.6. The third kappa shape index (κ3) is 5.74. The van der Waals surface area contributed by atoms with E-state index in [1.807, 2.05) is 55.6 Å². The number of amides is 1. The zero-order chi connectivity index (χ0) is 32.7. The van der Waals surface area contributed by atoms with Crippen molar-refractivity contribution < 1.29 is 9.59 Å². The molecule has 0 aliphatic carbocycles. The number of halogens is 2. The summed E-state index contributed by atoms with van der Waals surface area (Å²) in [6.45, 7) is 2.61. The number of Topliss-reactive ketones (excluding diaryl/α,β-unsaturated/α-hetero) is 1. The van der Waals surface area contributed by atoms with Gasteiger partial charge in [-0.25, -0.2) is 19.1 Å². The van der Waals surface area contributed by atoms with Gasteiger partial charge in [-0.2, -0.15) is 10.2 Å². The van der Waals surface area contributed by atoms with Crippen molar-refractivity contribution in [1.29, 1.82) is 0 Å². The van der Waals surface area contributed by atoms with Crippen LogP contribution in [-0.2, 0) is 13.1 Å². The highest BCUT2D eigenvalue weighted by molar-refractivity contribution is 9.10. The molecule has 236 valence electrons. The summed E-state index contributed by atoms with van der Waals surface area (Å²) in [6, 6.07) is 21.9. The number of nitrogens with zero attached hydrogens (tertiary/aromatic N) is 8. The number of benzene rings is 3. The van der Waals surface area contributed by atoms with Gasteiger partial charge >= 0.3 is 5.69 Å². The third-order valence-corrected chi connectivity index (χ3v) is 9.63. The Balaban J connectivity index is 1.28.